The molecule has 12 N–H and O–H groups in total. The van der Waals surface area contributed by atoms with Crippen LogP contribution in [0.4, 0.5) is 0 Å². The van der Waals surface area contributed by atoms with Crippen molar-refractivity contribution in [2.75, 3.05) is 0 Å². The zero-order valence-corrected chi connectivity index (χ0v) is 104. The molecule has 14 nitrogen and oxygen atoms in total. The van der Waals surface area contributed by atoms with Gasteiger partial charge in [0.25, 0.3) is 0 Å². The Hall–Kier alpha value is -1.14. The zero-order chi connectivity index (χ0) is 112. The molecule has 15 aliphatic rings. The van der Waals surface area contributed by atoms with Gasteiger partial charge in [-0.25, -0.2) is 0 Å². The van der Waals surface area contributed by atoms with Gasteiger partial charge in [0, 0.05) is 25.2 Å². The van der Waals surface area contributed by atoms with Gasteiger partial charge in [0.2, 0.25) is 0 Å². The first-order chi connectivity index (χ1) is 68.6. The van der Waals surface area contributed by atoms with Crippen molar-refractivity contribution in [3.63, 3.8) is 0 Å². The molecule has 878 valence electrons. The van der Waals surface area contributed by atoms with Crippen LogP contribution >= 0.6 is 0 Å². The molecular weight excluding hydrogens is 1820 g/mol. The molecule has 147 heavy (non-hydrogen) atoms. The van der Waals surface area contributed by atoms with Crippen molar-refractivity contribution in [2.24, 2.45) is 165 Å². The van der Waals surface area contributed by atoms with Gasteiger partial charge in [0.1, 0.15) is 11.6 Å². The molecule has 0 aromatic heterocycles. The Bertz CT molecular complexity index is 2880. The van der Waals surface area contributed by atoms with E-state index < -0.39 is 0 Å². The van der Waals surface area contributed by atoms with Crippen LogP contribution in [0.25, 0.3) is 0 Å². The highest BCUT2D eigenvalue weighted by Crippen LogP contribution is 2.44. The largest absolute Gasteiger partial charge is 0.393 e. The van der Waals surface area contributed by atoms with E-state index in [-0.39, 0.29) is 72.2 Å². The van der Waals surface area contributed by atoms with Crippen molar-refractivity contribution >= 4 is 11.6 Å². The molecule has 5 unspecified atom stereocenters. The second-order valence-electron chi connectivity index (χ2n) is 58.0. The van der Waals surface area contributed by atoms with Crippen molar-refractivity contribution in [1.29, 1.82) is 0 Å². The first-order valence-electron chi connectivity index (χ1n) is 63.9. The number of aliphatic hydroxyl groups excluding tert-OH is 10. The predicted octanol–water partition coefficient (Wildman–Crippen LogP) is 33.9. The van der Waals surface area contributed by atoms with E-state index in [4.69, 9.17) is 0 Å². The normalized spacial score (nSPS) is 27.8. The lowest BCUT2D eigenvalue weighted by atomic mass is 9.79. The molecular formula is C133H262O14. The summed E-state index contributed by atoms with van der Waals surface area (Å²) in [5, 5.41) is 115. The van der Waals surface area contributed by atoms with Crippen LogP contribution in [-0.4, -0.2) is 145 Å². The quantitative estimate of drug-likeness (QED) is 0.0384. The fraction of sp³-hybridized carbons (Fsp3) is 0.985. The Balaban J connectivity index is 0.000000788. The molecule has 0 heterocycles. The minimum Gasteiger partial charge on any atom is -0.393 e. The zero-order valence-electron chi connectivity index (χ0n) is 104. The van der Waals surface area contributed by atoms with E-state index >= 15 is 0 Å². The molecule has 0 aromatic rings. The molecule has 0 radical (unpaired) electrons. The van der Waals surface area contributed by atoms with Crippen LogP contribution in [0.2, 0.25) is 0 Å². The summed E-state index contributed by atoms with van der Waals surface area (Å²) in [6.45, 7) is 70.4. The highest BCUT2D eigenvalue weighted by Gasteiger charge is 2.39. The molecule has 0 spiro atoms. The van der Waals surface area contributed by atoms with Gasteiger partial charge in [0.05, 0.1) is 72.2 Å². The van der Waals surface area contributed by atoms with E-state index in [1.54, 1.807) is 0 Å². The van der Waals surface area contributed by atoms with Crippen LogP contribution in [0.15, 0.2) is 0 Å². The molecule has 15 rings (SSSR count). The molecule has 15 fully saturated rings. The van der Waals surface area contributed by atoms with Crippen molar-refractivity contribution in [2.45, 2.75) is 673 Å². The molecule has 0 bridgehead atoms. The van der Waals surface area contributed by atoms with Crippen LogP contribution in [0.3, 0.4) is 0 Å². The number of carbonyl (C=O) groups excluding carboxylic acids is 2. The molecule has 0 aromatic carbocycles. The summed E-state index contributed by atoms with van der Waals surface area (Å²) >= 11 is 0. The smallest absolute Gasteiger partial charge is 0.136 e. The minimum atomic E-state index is -0.299. The molecule has 14 heteroatoms. The number of hydrogen-bond donors (Lipinski definition) is 12. The third-order valence-electron chi connectivity index (χ3n) is 35.4. The number of Topliss-reactive ketones (excluding diaryl/α,β-unsaturated/α-hetero) is 2. The van der Waals surface area contributed by atoms with Gasteiger partial charge in [-0.3, -0.25) is 9.59 Å². The second kappa shape index (κ2) is 78.2. The third-order valence-corrected chi connectivity index (χ3v) is 35.4. The van der Waals surface area contributed by atoms with Crippen molar-refractivity contribution in [3.05, 3.63) is 0 Å². The van der Waals surface area contributed by atoms with Crippen LogP contribution in [0.5, 0.6) is 0 Å². The van der Waals surface area contributed by atoms with Gasteiger partial charge < -0.3 is 61.3 Å². The lowest BCUT2D eigenvalue weighted by Gasteiger charge is -2.33. The number of ketones is 2. The predicted molar refractivity (Wildman–Crippen MR) is 630 cm³/mol. The van der Waals surface area contributed by atoms with E-state index in [1.807, 2.05) is 0 Å². The molecule has 17 atom stereocenters. The first kappa shape index (κ1) is 144. The SMILES string of the molecule is CC(C)(C)C1CCC(=O)C1.CC(C)(C)C1CCC(O)C1.CC(C)C1CCCCC1O.CC(C)CC(=O)C1CC1.CC(C)CC1(O)CCCC1.CC(C)CC1(O)CCCCC1.CC(C)CC1CC1.CC(C)C[C@@H](O)C1CC1.CC(C)C[C@@H](O)C1CCCC1.CC(C)C[C@H](O)C1CC1.CC(C)C[C@H](O)C1CCCC1.CC(C)[C@@H]1CCCC[C@@H]1O.CC(C)[C@@H]1CCCC[C@H]1O.CC(C)[C@H]1CCCC[C@@H]1O.CC(C)[C@H]1CCCC[C@H]1O. The molecule has 15 aliphatic carbocycles. The monoisotopic (exact) mass is 2080 g/mol. The summed E-state index contributed by atoms with van der Waals surface area (Å²) in [6, 6.07) is 0. The Labute approximate surface area is 914 Å². The Kier molecular flexibility index (Phi) is 76.5. The molecule has 0 amide bonds. The molecule has 0 saturated heterocycles. The molecule has 0 aliphatic heterocycles. The standard InChI is InChI=1S/3C10H20O.C9H18O.C9H16O.6C9H18O.2C8H16O.C8H14O.C7H14/c2*1-8(2)7-10(11)9-5-3-4-6-9;1-9(2)8-10(11)6-4-3-5-7-10;2*1-9(2,3)7-4-5-8(10)6-7;1-8(2)7-9(10)5-3-4-6-9;5*1-7(2)8-5-3-4-6-9(8)10;3*1-6(2)5-8(9)7-3-4-7;1-6(2)5-7-3-4-7/h2*8-11H,3-7H2,1-2H3;9,11H,3-8H2,1-2H3;7-8,10H,4-6H2,1-3H3;7H,4-6H2,1-3H3;8,10H,3-7H2,1-2H3;5*7-10H,3-6H2,1-2H3;2*6-9H,3-5H2,1-2H3;6-7H,3-5H2,1-2H3;6-7H,3-5H2,1-2H3/t2*10-;;;;;2*8-,9+;2*8-,9-;;2*8-;;/m10....1010.10../s1. The fourth-order valence-corrected chi connectivity index (χ4v) is 25.4. The first-order valence-corrected chi connectivity index (χ1v) is 63.9. The Morgan fingerprint density at radius 1 is 0.286 bits per heavy atom. The lowest BCUT2D eigenvalue weighted by Crippen LogP contribution is -2.32. The van der Waals surface area contributed by atoms with E-state index in [2.05, 4.69) is 222 Å². The summed E-state index contributed by atoms with van der Waals surface area (Å²) in [5.41, 5.74) is 0.157. The van der Waals surface area contributed by atoms with Gasteiger partial charge in [0.15, 0.2) is 0 Å². The van der Waals surface area contributed by atoms with Crippen LogP contribution in [0, 0.1) is 165 Å². The third kappa shape index (κ3) is 71.8. The van der Waals surface area contributed by atoms with E-state index in [0.29, 0.717) is 159 Å². The highest BCUT2D eigenvalue weighted by molar-refractivity contribution is 5.83. The van der Waals surface area contributed by atoms with Gasteiger partial charge in [-0.15, -0.1) is 0 Å². The number of aliphatic hydroxyl groups is 12. The maximum Gasteiger partial charge on any atom is 0.136 e. The lowest BCUT2D eigenvalue weighted by molar-refractivity contribution is -0.121. The number of carbonyl (C=O) groups is 2. The summed E-state index contributed by atoms with van der Waals surface area (Å²) in [6.07, 6.45) is 69.3. The van der Waals surface area contributed by atoms with E-state index in [9.17, 15) is 70.9 Å². The fourth-order valence-electron chi connectivity index (χ4n) is 25.4. The summed E-state index contributed by atoms with van der Waals surface area (Å²) < 4.78 is 0. The second-order valence-corrected chi connectivity index (χ2v) is 58.0. The Morgan fingerprint density at radius 2 is 0.544 bits per heavy atom. The van der Waals surface area contributed by atoms with Crippen molar-refractivity contribution < 1.29 is 70.9 Å². The maximum atomic E-state index is 11.0. The van der Waals surface area contributed by atoms with Crippen molar-refractivity contribution in [1.82, 2.24) is 0 Å². The van der Waals surface area contributed by atoms with Gasteiger partial charge in [-0.2, -0.15) is 0 Å². The van der Waals surface area contributed by atoms with Gasteiger partial charge in [-0.1, -0.05) is 356 Å². The topological polar surface area (TPSA) is 277 Å². The average molecular weight is 2090 g/mol. The van der Waals surface area contributed by atoms with E-state index in [1.165, 1.54) is 231 Å². The van der Waals surface area contributed by atoms with Crippen LogP contribution < -0.4 is 0 Å². The summed E-state index contributed by atoms with van der Waals surface area (Å²) in [7, 11) is 0. The van der Waals surface area contributed by atoms with Crippen LogP contribution in [-0.2, 0) is 9.59 Å². The summed E-state index contributed by atoms with van der Waals surface area (Å²) in [4.78, 5) is 21.9. The average Bonchev–Trinajstić information content (AvgIpc) is 1.81. The van der Waals surface area contributed by atoms with Gasteiger partial charge in [-0.05, 0) is 384 Å². The van der Waals surface area contributed by atoms with Crippen molar-refractivity contribution in [3.8, 4) is 0 Å². The maximum absolute atomic E-state index is 11.0. The van der Waals surface area contributed by atoms with Crippen LogP contribution in [0.1, 0.15) is 600 Å². The Morgan fingerprint density at radius 3 is 0.707 bits per heavy atom. The van der Waals surface area contributed by atoms with E-state index in [0.717, 1.165) is 165 Å². The van der Waals surface area contributed by atoms with Gasteiger partial charge >= 0.3 is 0 Å². The number of rotatable bonds is 26. The highest BCUT2D eigenvalue weighted by atomic mass is 16.3. The minimum absolute atomic E-state index is 0.00463. The summed E-state index contributed by atoms with van der Waals surface area (Å²) in [5.74, 6) is 18.0. The molecule has 15 saturated carbocycles. The number of hydrogen-bond acceptors (Lipinski definition) is 14.